The van der Waals surface area contributed by atoms with Gasteiger partial charge in [0, 0.05) is 0 Å². The van der Waals surface area contributed by atoms with Crippen molar-refractivity contribution in [1.29, 1.82) is 0 Å². The van der Waals surface area contributed by atoms with Crippen molar-refractivity contribution >= 4 is 34.8 Å². The zero-order chi connectivity index (χ0) is 14.7. The van der Waals surface area contributed by atoms with Gasteiger partial charge in [0.25, 0.3) is 0 Å². The number of nitrogens with two attached hydrogens (primary N) is 1. The van der Waals surface area contributed by atoms with Crippen LogP contribution in [0, 0.1) is 5.82 Å². The minimum atomic E-state index is -0.604. The smallest absolute Gasteiger partial charge is 0.340 e. The van der Waals surface area contributed by atoms with Gasteiger partial charge in [-0.25, -0.2) is 14.2 Å². The van der Waals surface area contributed by atoms with Crippen LogP contribution in [0.15, 0.2) is 30.5 Å². The van der Waals surface area contributed by atoms with Gasteiger partial charge >= 0.3 is 5.97 Å². The number of rotatable bonds is 3. The second-order valence-electron chi connectivity index (χ2n) is 3.87. The molecule has 0 aliphatic heterocycles. The van der Waals surface area contributed by atoms with E-state index in [9.17, 15) is 9.18 Å². The molecule has 20 heavy (non-hydrogen) atoms. The highest BCUT2D eigenvalue weighted by atomic mass is 35.5. The van der Waals surface area contributed by atoms with Crippen LogP contribution in [0.2, 0.25) is 5.02 Å². The first-order valence-electron chi connectivity index (χ1n) is 5.57. The number of pyridine rings is 1. The van der Waals surface area contributed by atoms with Crippen LogP contribution in [-0.4, -0.2) is 18.1 Å². The molecule has 0 atom stereocenters. The molecule has 0 fully saturated rings. The summed E-state index contributed by atoms with van der Waals surface area (Å²) in [6, 6.07) is 5.89. The molecular formula is C13H11ClFN3O2. The normalized spacial score (nSPS) is 10.2. The van der Waals surface area contributed by atoms with Gasteiger partial charge in [-0.1, -0.05) is 17.7 Å². The van der Waals surface area contributed by atoms with Gasteiger partial charge in [0.2, 0.25) is 0 Å². The first-order chi connectivity index (χ1) is 9.52. The lowest BCUT2D eigenvalue weighted by Gasteiger charge is -2.10. The molecule has 104 valence electrons. The number of carbonyl (C=O) groups excluding carboxylic acids is 1. The number of esters is 1. The van der Waals surface area contributed by atoms with E-state index in [2.05, 4.69) is 15.0 Å². The zero-order valence-electron chi connectivity index (χ0n) is 10.5. The Labute approximate surface area is 119 Å². The highest BCUT2D eigenvalue weighted by Crippen LogP contribution is 2.25. The molecule has 0 saturated carbocycles. The summed E-state index contributed by atoms with van der Waals surface area (Å²) in [6.45, 7) is 0. The van der Waals surface area contributed by atoms with Crippen LogP contribution in [-0.2, 0) is 4.74 Å². The number of nitrogens with one attached hydrogen (secondary N) is 1. The minimum absolute atomic E-state index is 0.0152. The Balaban J connectivity index is 2.35. The summed E-state index contributed by atoms with van der Waals surface area (Å²) in [4.78, 5) is 15.5. The van der Waals surface area contributed by atoms with E-state index in [4.69, 9.17) is 17.3 Å². The number of hydrogen-bond donors (Lipinski definition) is 2. The predicted molar refractivity (Wildman–Crippen MR) is 74.7 cm³/mol. The van der Waals surface area contributed by atoms with Gasteiger partial charge in [-0.2, -0.15) is 0 Å². The van der Waals surface area contributed by atoms with Crippen molar-refractivity contribution in [3.63, 3.8) is 0 Å². The lowest BCUT2D eigenvalue weighted by molar-refractivity contribution is 0.0602. The fraction of sp³-hybridized carbons (Fsp3) is 0.0769. The summed E-state index contributed by atoms with van der Waals surface area (Å²) in [5, 5.41) is 2.71. The largest absolute Gasteiger partial charge is 0.465 e. The maximum atomic E-state index is 13.8. The molecule has 5 nitrogen and oxygen atoms in total. The fourth-order valence-corrected chi connectivity index (χ4v) is 1.73. The van der Waals surface area contributed by atoms with Gasteiger partial charge in [-0.05, 0) is 18.2 Å². The maximum Gasteiger partial charge on any atom is 0.340 e. The third-order valence-corrected chi connectivity index (χ3v) is 2.85. The van der Waals surface area contributed by atoms with E-state index in [0.717, 1.165) is 0 Å². The molecule has 0 aliphatic carbocycles. The van der Waals surface area contributed by atoms with Crippen molar-refractivity contribution in [1.82, 2.24) is 4.98 Å². The van der Waals surface area contributed by atoms with Gasteiger partial charge < -0.3 is 15.8 Å². The van der Waals surface area contributed by atoms with E-state index in [1.165, 1.54) is 31.5 Å². The first-order valence-corrected chi connectivity index (χ1v) is 5.95. The number of carbonyl (C=O) groups is 1. The number of aromatic nitrogens is 1. The standard InChI is InChI=1S/C13H11ClFN3O2/c1-20-13(19)7-5-11(17-6-9(7)16)18-10-4-2-3-8(14)12(10)15/h2-6H,16H2,1H3,(H,17,18). The van der Waals surface area contributed by atoms with Crippen molar-refractivity contribution in [2.24, 2.45) is 0 Å². The number of halogens is 2. The van der Waals surface area contributed by atoms with Crippen molar-refractivity contribution in [3.8, 4) is 0 Å². The summed E-state index contributed by atoms with van der Waals surface area (Å²) in [6.07, 6.45) is 1.29. The number of anilines is 3. The second-order valence-corrected chi connectivity index (χ2v) is 4.28. The van der Waals surface area contributed by atoms with E-state index >= 15 is 0 Å². The number of hydrogen-bond acceptors (Lipinski definition) is 5. The quantitative estimate of drug-likeness (QED) is 0.851. The molecule has 1 heterocycles. The Kier molecular flexibility index (Phi) is 4.05. The summed E-state index contributed by atoms with van der Waals surface area (Å²) in [5.74, 6) is -0.951. The summed E-state index contributed by atoms with van der Waals surface area (Å²) in [7, 11) is 1.24. The van der Waals surface area contributed by atoms with E-state index in [0.29, 0.717) is 0 Å². The summed E-state index contributed by atoms with van der Waals surface area (Å²) in [5.41, 5.74) is 6.09. The number of ether oxygens (including phenoxy) is 1. The fourth-order valence-electron chi connectivity index (χ4n) is 1.56. The second kappa shape index (κ2) is 5.75. The van der Waals surface area contributed by atoms with Gasteiger partial charge in [0.1, 0.15) is 5.82 Å². The van der Waals surface area contributed by atoms with Crippen LogP contribution in [0.25, 0.3) is 0 Å². The highest BCUT2D eigenvalue weighted by molar-refractivity contribution is 6.31. The molecule has 0 amide bonds. The van der Waals surface area contributed by atoms with Crippen LogP contribution in [0.3, 0.4) is 0 Å². The molecule has 0 radical (unpaired) electrons. The van der Waals surface area contributed by atoms with Crippen molar-refractivity contribution in [3.05, 3.63) is 46.9 Å². The molecular weight excluding hydrogens is 285 g/mol. The average molecular weight is 296 g/mol. The third-order valence-electron chi connectivity index (χ3n) is 2.55. The molecule has 1 aromatic heterocycles. The van der Waals surface area contributed by atoms with Crippen molar-refractivity contribution < 1.29 is 13.9 Å². The molecule has 1 aromatic carbocycles. The molecule has 0 saturated heterocycles. The van der Waals surface area contributed by atoms with E-state index < -0.39 is 11.8 Å². The van der Waals surface area contributed by atoms with E-state index in [1.54, 1.807) is 6.07 Å². The Bertz CT molecular complexity index is 664. The zero-order valence-corrected chi connectivity index (χ0v) is 11.2. The monoisotopic (exact) mass is 295 g/mol. The lowest BCUT2D eigenvalue weighted by atomic mass is 10.2. The third kappa shape index (κ3) is 2.80. The molecule has 3 N–H and O–H groups in total. The Hall–Kier alpha value is -2.34. The average Bonchev–Trinajstić information content (AvgIpc) is 2.45. The predicted octanol–water partition coefficient (Wildman–Crippen LogP) is 2.99. The van der Waals surface area contributed by atoms with Crippen LogP contribution in [0.4, 0.5) is 21.6 Å². The van der Waals surface area contributed by atoms with Gasteiger partial charge in [0.15, 0.2) is 5.82 Å². The Morgan fingerprint density at radius 2 is 2.25 bits per heavy atom. The lowest BCUT2D eigenvalue weighted by Crippen LogP contribution is -2.07. The van der Waals surface area contributed by atoms with Gasteiger partial charge in [0.05, 0.1) is 35.3 Å². The van der Waals surface area contributed by atoms with Gasteiger partial charge in [-0.3, -0.25) is 0 Å². The molecule has 2 rings (SSSR count). The molecule has 0 bridgehead atoms. The highest BCUT2D eigenvalue weighted by Gasteiger charge is 2.13. The van der Waals surface area contributed by atoms with Crippen LogP contribution in [0.5, 0.6) is 0 Å². The molecule has 0 spiro atoms. The SMILES string of the molecule is COC(=O)c1cc(Nc2cccc(Cl)c2F)ncc1N. The first kappa shape index (κ1) is 14.1. The topological polar surface area (TPSA) is 77.2 Å². The van der Waals surface area contributed by atoms with Crippen LogP contribution in [0.1, 0.15) is 10.4 Å². The van der Waals surface area contributed by atoms with E-state index in [-0.39, 0.29) is 27.8 Å². The molecule has 0 aliphatic rings. The summed E-state index contributed by atoms with van der Waals surface area (Å²) >= 11 is 5.68. The number of benzene rings is 1. The Morgan fingerprint density at radius 3 is 2.95 bits per heavy atom. The molecule has 2 aromatic rings. The molecule has 7 heteroatoms. The minimum Gasteiger partial charge on any atom is -0.465 e. The maximum absolute atomic E-state index is 13.8. The van der Waals surface area contributed by atoms with E-state index in [1.807, 2.05) is 0 Å². The Morgan fingerprint density at radius 1 is 1.50 bits per heavy atom. The van der Waals surface area contributed by atoms with Crippen LogP contribution >= 0.6 is 11.6 Å². The van der Waals surface area contributed by atoms with Gasteiger partial charge in [-0.15, -0.1) is 0 Å². The number of nitrogens with zero attached hydrogens (tertiary/aromatic N) is 1. The number of nitrogen functional groups attached to an aromatic ring is 1. The van der Waals surface area contributed by atoms with Crippen LogP contribution < -0.4 is 11.1 Å². The molecule has 0 unspecified atom stereocenters. The van der Waals surface area contributed by atoms with Crippen molar-refractivity contribution in [2.45, 2.75) is 0 Å². The van der Waals surface area contributed by atoms with Crippen molar-refractivity contribution in [2.75, 3.05) is 18.2 Å². The number of methoxy groups -OCH3 is 1. The summed E-state index contributed by atoms with van der Waals surface area (Å²) < 4.78 is 18.3.